The summed E-state index contributed by atoms with van der Waals surface area (Å²) in [4.78, 5) is 4.21. The Hall–Kier alpha value is -0.450. The van der Waals surface area contributed by atoms with E-state index in [9.17, 15) is 0 Å². The second kappa shape index (κ2) is 6.33. The summed E-state index contributed by atoms with van der Waals surface area (Å²) in [5, 5.41) is 6.89. The summed E-state index contributed by atoms with van der Waals surface area (Å²) in [6.07, 6.45) is 4.51. The summed E-state index contributed by atoms with van der Waals surface area (Å²) in [7, 11) is 0. The molecule has 4 heteroatoms. The van der Waals surface area contributed by atoms with Gasteiger partial charge in [-0.3, -0.25) is 0 Å². The van der Waals surface area contributed by atoms with Crippen LogP contribution in [0.2, 0.25) is 0 Å². The van der Waals surface area contributed by atoms with E-state index in [1.54, 1.807) is 0 Å². The van der Waals surface area contributed by atoms with Crippen LogP contribution in [-0.2, 0) is 6.54 Å². The summed E-state index contributed by atoms with van der Waals surface area (Å²) in [5.41, 5.74) is 1.25. The van der Waals surface area contributed by atoms with Crippen LogP contribution in [-0.4, -0.2) is 24.6 Å². The number of hydrogen-bond donors (Lipinski definition) is 2. The SMILES string of the molecule is Brc1ccc(CNCC2CCNCC2)cn1. The molecule has 0 amide bonds. The Morgan fingerprint density at radius 2 is 2.19 bits per heavy atom. The van der Waals surface area contributed by atoms with Crippen LogP contribution in [0.3, 0.4) is 0 Å². The zero-order valence-electron chi connectivity index (χ0n) is 9.38. The molecule has 3 nitrogen and oxygen atoms in total. The van der Waals surface area contributed by atoms with Gasteiger partial charge in [0.25, 0.3) is 0 Å². The molecule has 16 heavy (non-hydrogen) atoms. The van der Waals surface area contributed by atoms with E-state index in [0.717, 1.165) is 23.6 Å². The molecule has 0 saturated carbocycles. The predicted octanol–water partition coefficient (Wildman–Crippen LogP) is 1.93. The lowest BCUT2D eigenvalue weighted by Crippen LogP contribution is -2.33. The molecule has 1 aromatic heterocycles. The summed E-state index contributed by atoms with van der Waals surface area (Å²) in [6.45, 7) is 4.39. The number of halogens is 1. The molecule has 0 bridgehead atoms. The third-order valence-corrected chi connectivity index (χ3v) is 3.48. The first-order valence-corrected chi connectivity index (χ1v) is 6.66. The van der Waals surface area contributed by atoms with Crippen molar-refractivity contribution < 1.29 is 0 Å². The molecule has 1 fully saturated rings. The molecular formula is C12H18BrN3. The minimum absolute atomic E-state index is 0.838. The van der Waals surface area contributed by atoms with E-state index in [0.29, 0.717) is 0 Å². The highest BCUT2D eigenvalue weighted by Gasteiger charge is 2.11. The predicted molar refractivity (Wildman–Crippen MR) is 69.2 cm³/mol. The van der Waals surface area contributed by atoms with Gasteiger partial charge < -0.3 is 10.6 Å². The Morgan fingerprint density at radius 3 is 2.88 bits per heavy atom. The van der Waals surface area contributed by atoms with Crippen LogP contribution in [0.1, 0.15) is 18.4 Å². The fourth-order valence-corrected chi connectivity index (χ4v) is 2.25. The van der Waals surface area contributed by atoms with Gasteiger partial charge in [0.1, 0.15) is 4.60 Å². The molecule has 0 aliphatic carbocycles. The van der Waals surface area contributed by atoms with Crippen LogP contribution in [0.25, 0.3) is 0 Å². The Labute approximate surface area is 105 Å². The number of pyridine rings is 1. The summed E-state index contributed by atoms with van der Waals surface area (Å²) in [6, 6.07) is 4.09. The smallest absolute Gasteiger partial charge is 0.106 e. The van der Waals surface area contributed by atoms with Gasteiger partial charge in [0.15, 0.2) is 0 Å². The molecule has 2 N–H and O–H groups in total. The molecule has 1 aromatic rings. The molecule has 0 aromatic carbocycles. The summed E-state index contributed by atoms with van der Waals surface area (Å²) in [5.74, 6) is 0.838. The Bertz CT molecular complexity index is 307. The Morgan fingerprint density at radius 1 is 1.38 bits per heavy atom. The average Bonchev–Trinajstić information content (AvgIpc) is 2.33. The third kappa shape index (κ3) is 3.85. The quantitative estimate of drug-likeness (QED) is 0.830. The van der Waals surface area contributed by atoms with E-state index < -0.39 is 0 Å². The monoisotopic (exact) mass is 283 g/mol. The van der Waals surface area contributed by atoms with E-state index in [-0.39, 0.29) is 0 Å². The van der Waals surface area contributed by atoms with Gasteiger partial charge in [-0.05, 0) is 66.0 Å². The standard InChI is InChI=1S/C12H18BrN3/c13-12-2-1-11(9-16-12)8-15-7-10-3-5-14-6-4-10/h1-2,9-10,14-15H,3-8H2. The van der Waals surface area contributed by atoms with Crippen LogP contribution >= 0.6 is 15.9 Å². The topological polar surface area (TPSA) is 37.0 Å². The van der Waals surface area contributed by atoms with Crippen molar-refractivity contribution in [3.63, 3.8) is 0 Å². The molecule has 88 valence electrons. The average molecular weight is 284 g/mol. The molecule has 0 atom stereocenters. The number of hydrogen-bond acceptors (Lipinski definition) is 3. The second-order valence-electron chi connectivity index (χ2n) is 4.31. The highest BCUT2D eigenvalue weighted by molar-refractivity contribution is 9.10. The number of aromatic nitrogens is 1. The zero-order valence-corrected chi connectivity index (χ0v) is 11.0. The lowest BCUT2D eigenvalue weighted by molar-refractivity contribution is 0.356. The maximum atomic E-state index is 4.21. The van der Waals surface area contributed by atoms with Gasteiger partial charge in [-0.1, -0.05) is 6.07 Å². The van der Waals surface area contributed by atoms with Gasteiger partial charge in [-0.25, -0.2) is 4.98 Å². The first-order valence-electron chi connectivity index (χ1n) is 5.86. The van der Waals surface area contributed by atoms with Crippen molar-refractivity contribution >= 4 is 15.9 Å². The molecule has 1 saturated heterocycles. The van der Waals surface area contributed by atoms with Crippen molar-refractivity contribution in [1.29, 1.82) is 0 Å². The normalized spacial score (nSPS) is 17.6. The van der Waals surface area contributed by atoms with Crippen LogP contribution in [0.5, 0.6) is 0 Å². The first kappa shape index (κ1) is 12.0. The van der Waals surface area contributed by atoms with E-state index in [2.05, 4.69) is 37.6 Å². The van der Waals surface area contributed by atoms with Gasteiger partial charge >= 0.3 is 0 Å². The van der Waals surface area contributed by atoms with Gasteiger partial charge in [0.2, 0.25) is 0 Å². The molecule has 1 aliphatic rings. The summed E-state index contributed by atoms with van der Waals surface area (Å²) < 4.78 is 0.898. The lowest BCUT2D eigenvalue weighted by atomic mass is 9.98. The number of nitrogens with one attached hydrogen (secondary N) is 2. The number of nitrogens with zero attached hydrogens (tertiary/aromatic N) is 1. The Balaban J connectivity index is 1.69. The maximum absolute atomic E-state index is 4.21. The van der Waals surface area contributed by atoms with E-state index >= 15 is 0 Å². The maximum Gasteiger partial charge on any atom is 0.106 e. The molecule has 0 spiro atoms. The second-order valence-corrected chi connectivity index (χ2v) is 5.13. The Kier molecular flexibility index (Phi) is 4.75. The van der Waals surface area contributed by atoms with Crippen LogP contribution < -0.4 is 10.6 Å². The van der Waals surface area contributed by atoms with E-state index in [1.807, 2.05) is 12.3 Å². The largest absolute Gasteiger partial charge is 0.317 e. The van der Waals surface area contributed by atoms with Gasteiger partial charge in [-0.2, -0.15) is 0 Å². The van der Waals surface area contributed by atoms with E-state index in [1.165, 1.54) is 31.5 Å². The molecule has 2 heterocycles. The van der Waals surface area contributed by atoms with Gasteiger partial charge in [0, 0.05) is 12.7 Å². The number of rotatable bonds is 4. The molecule has 0 radical (unpaired) electrons. The van der Waals surface area contributed by atoms with Crippen molar-refractivity contribution in [2.45, 2.75) is 19.4 Å². The third-order valence-electron chi connectivity index (χ3n) is 3.01. The summed E-state index contributed by atoms with van der Waals surface area (Å²) >= 11 is 3.34. The van der Waals surface area contributed by atoms with Crippen molar-refractivity contribution in [2.75, 3.05) is 19.6 Å². The molecular weight excluding hydrogens is 266 g/mol. The lowest BCUT2D eigenvalue weighted by Gasteiger charge is -2.22. The van der Waals surface area contributed by atoms with Crippen molar-refractivity contribution in [2.24, 2.45) is 5.92 Å². The highest BCUT2D eigenvalue weighted by Crippen LogP contribution is 2.10. The molecule has 1 aliphatic heterocycles. The van der Waals surface area contributed by atoms with Gasteiger partial charge in [0.05, 0.1) is 0 Å². The van der Waals surface area contributed by atoms with Gasteiger partial charge in [-0.15, -0.1) is 0 Å². The van der Waals surface area contributed by atoms with Crippen LogP contribution in [0.15, 0.2) is 22.9 Å². The highest BCUT2D eigenvalue weighted by atomic mass is 79.9. The fraction of sp³-hybridized carbons (Fsp3) is 0.583. The van der Waals surface area contributed by atoms with Crippen molar-refractivity contribution in [1.82, 2.24) is 15.6 Å². The zero-order chi connectivity index (χ0) is 11.2. The molecule has 2 rings (SSSR count). The minimum Gasteiger partial charge on any atom is -0.317 e. The molecule has 0 unspecified atom stereocenters. The van der Waals surface area contributed by atoms with Crippen LogP contribution in [0.4, 0.5) is 0 Å². The van der Waals surface area contributed by atoms with Crippen molar-refractivity contribution in [3.8, 4) is 0 Å². The van der Waals surface area contributed by atoms with Crippen molar-refractivity contribution in [3.05, 3.63) is 28.5 Å². The fourth-order valence-electron chi connectivity index (χ4n) is 2.02. The number of piperidine rings is 1. The first-order chi connectivity index (χ1) is 7.84. The van der Waals surface area contributed by atoms with E-state index in [4.69, 9.17) is 0 Å². The minimum atomic E-state index is 0.838. The van der Waals surface area contributed by atoms with Crippen LogP contribution in [0, 0.1) is 5.92 Å².